The van der Waals surface area contributed by atoms with Crippen LogP contribution >= 0.6 is 15.9 Å². The van der Waals surface area contributed by atoms with Crippen molar-refractivity contribution in [2.24, 2.45) is 0 Å². The van der Waals surface area contributed by atoms with Gasteiger partial charge in [-0.15, -0.1) is 0 Å². The van der Waals surface area contributed by atoms with E-state index in [-0.39, 0.29) is 12.1 Å². The fraction of sp³-hybridized carbons (Fsp3) is 0.188. The minimum Gasteiger partial charge on any atom is -0.454 e. The fourth-order valence-electron chi connectivity index (χ4n) is 1.96. The number of halogens is 1. The molecule has 0 radical (unpaired) electrons. The molecule has 0 fully saturated rings. The van der Waals surface area contributed by atoms with Crippen molar-refractivity contribution in [2.75, 3.05) is 0 Å². The van der Waals surface area contributed by atoms with E-state index in [0.29, 0.717) is 5.56 Å². The first-order valence-corrected chi connectivity index (χ1v) is 6.89. The number of hydrogen-bond donors (Lipinski definition) is 0. The van der Waals surface area contributed by atoms with Gasteiger partial charge in [-0.1, -0.05) is 40.2 Å². The van der Waals surface area contributed by atoms with Crippen LogP contribution in [0.2, 0.25) is 0 Å². The molecule has 0 amide bonds. The maximum atomic E-state index is 12.0. The Hall–Kier alpha value is -1.61. The maximum absolute atomic E-state index is 12.0. The summed E-state index contributed by atoms with van der Waals surface area (Å²) in [6, 6.07) is 15.0. The van der Waals surface area contributed by atoms with Crippen molar-refractivity contribution in [3.63, 3.8) is 0 Å². The van der Waals surface area contributed by atoms with E-state index in [4.69, 9.17) is 4.74 Å². The number of carbonyl (C=O) groups excluding carboxylic acids is 1. The zero-order chi connectivity index (χ0) is 13.8. The smallest absolute Gasteiger partial charge is 0.338 e. The van der Waals surface area contributed by atoms with Gasteiger partial charge in [0.15, 0.2) is 0 Å². The van der Waals surface area contributed by atoms with Crippen LogP contribution in [-0.2, 0) is 4.74 Å². The van der Waals surface area contributed by atoms with E-state index < -0.39 is 0 Å². The second-order valence-corrected chi connectivity index (χ2v) is 5.33. The Balaban J connectivity index is 2.13. The fourth-order valence-corrected chi connectivity index (χ4v) is 2.44. The van der Waals surface area contributed by atoms with Gasteiger partial charge in [0.25, 0.3) is 0 Å². The van der Waals surface area contributed by atoms with Gasteiger partial charge in [-0.05, 0) is 49.2 Å². The number of carbonyl (C=O) groups is 1. The van der Waals surface area contributed by atoms with Crippen LogP contribution in [0.4, 0.5) is 0 Å². The van der Waals surface area contributed by atoms with Crippen molar-refractivity contribution in [1.82, 2.24) is 0 Å². The molecular weight excluding hydrogens is 304 g/mol. The third-order valence-electron chi connectivity index (χ3n) is 2.96. The molecule has 98 valence electrons. The van der Waals surface area contributed by atoms with Gasteiger partial charge in [0.05, 0.1) is 5.56 Å². The lowest BCUT2D eigenvalue weighted by Crippen LogP contribution is -2.10. The Morgan fingerprint density at radius 3 is 2.47 bits per heavy atom. The lowest BCUT2D eigenvalue weighted by atomic mass is 10.0. The van der Waals surface area contributed by atoms with Crippen LogP contribution in [0, 0.1) is 6.92 Å². The molecule has 19 heavy (non-hydrogen) atoms. The summed E-state index contributed by atoms with van der Waals surface area (Å²) in [7, 11) is 0. The van der Waals surface area contributed by atoms with Crippen LogP contribution in [0.1, 0.15) is 34.5 Å². The highest BCUT2D eigenvalue weighted by Gasteiger charge is 2.15. The van der Waals surface area contributed by atoms with E-state index >= 15 is 0 Å². The molecule has 0 aliphatic rings. The predicted octanol–water partition coefficient (Wildman–Crippen LogP) is 4.68. The van der Waals surface area contributed by atoms with Crippen molar-refractivity contribution in [1.29, 1.82) is 0 Å². The van der Waals surface area contributed by atoms with Gasteiger partial charge >= 0.3 is 5.97 Å². The van der Waals surface area contributed by atoms with Crippen molar-refractivity contribution in [3.8, 4) is 0 Å². The first-order valence-electron chi connectivity index (χ1n) is 6.10. The van der Waals surface area contributed by atoms with Crippen LogP contribution in [0.15, 0.2) is 53.0 Å². The third kappa shape index (κ3) is 3.44. The Morgan fingerprint density at radius 2 is 1.84 bits per heavy atom. The lowest BCUT2D eigenvalue weighted by molar-refractivity contribution is 0.0337. The molecule has 0 spiro atoms. The average molecular weight is 319 g/mol. The first-order chi connectivity index (χ1) is 9.08. The second kappa shape index (κ2) is 6.02. The standard InChI is InChI=1S/C16H15BrO2/c1-11-10-14(17)8-9-15(11)12(2)19-16(18)13-6-4-3-5-7-13/h3-10,12H,1-2H3. The molecule has 2 aromatic rings. The molecule has 0 aromatic heterocycles. The van der Waals surface area contributed by atoms with Crippen LogP contribution in [0.3, 0.4) is 0 Å². The third-order valence-corrected chi connectivity index (χ3v) is 3.46. The lowest BCUT2D eigenvalue weighted by Gasteiger charge is -2.16. The molecular formula is C16H15BrO2. The zero-order valence-electron chi connectivity index (χ0n) is 10.9. The summed E-state index contributed by atoms with van der Waals surface area (Å²) in [5, 5.41) is 0. The average Bonchev–Trinajstić information content (AvgIpc) is 2.39. The number of hydrogen-bond acceptors (Lipinski definition) is 2. The molecule has 2 nitrogen and oxygen atoms in total. The van der Waals surface area contributed by atoms with Gasteiger partial charge in [0.2, 0.25) is 0 Å². The summed E-state index contributed by atoms with van der Waals surface area (Å²) in [5.41, 5.74) is 2.69. The first kappa shape index (κ1) is 13.8. The van der Waals surface area contributed by atoms with Crippen LogP contribution < -0.4 is 0 Å². The molecule has 1 atom stereocenters. The van der Waals surface area contributed by atoms with Gasteiger partial charge in [0.1, 0.15) is 6.10 Å². The van der Waals surface area contributed by atoms with Gasteiger partial charge < -0.3 is 4.74 Å². The Morgan fingerprint density at radius 1 is 1.16 bits per heavy atom. The largest absolute Gasteiger partial charge is 0.454 e. The number of benzene rings is 2. The Kier molecular flexibility index (Phi) is 4.38. The van der Waals surface area contributed by atoms with E-state index in [9.17, 15) is 4.79 Å². The summed E-state index contributed by atoms with van der Waals surface area (Å²) < 4.78 is 6.51. The van der Waals surface area contributed by atoms with Crippen LogP contribution in [-0.4, -0.2) is 5.97 Å². The SMILES string of the molecule is Cc1cc(Br)ccc1C(C)OC(=O)c1ccccc1. The molecule has 2 rings (SSSR count). The van der Waals surface area contributed by atoms with Gasteiger partial charge in [-0.2, -0.15) is 0 Å². The maximum Gasteiger partial charge on any atom is 0.338 e. The molecule has 0 N–H and O–H groups in total. The highest BCUT2D eigenvalue weighted by molar-refractivity contribution is 9.10. The molecule has 0 saturated carbocycles. The molecule has 1 unspecified atom stereocenters. The summed E-state index contributed by atoms with van der Waals surface area (Å²) >= 11 is 3.43. The van der Waals surface area contributed by atoms with Gasteiger partial charge in [-0.25, -0.2) is 4.79 Å². The van der Waals surface area contributed by atoms with Crippen molar-refractivity contribution in [3.05, 3.63) is 69.7 Å². The zero-order valence-corrected chi connectivity index (χ0v) is 12.5. The van der Waals surface area contributed by atoms with Crippen molar-refractivity contribution >= 4 is 21.9 Å². The molecule has 0 bridgehead atoms. The Labute approximate surface area is 121 Å². The van der Waals surface area contributed by atoms with Gasteiger partial charge in [0, 0.05) is 4.47 Å². The van der Waals surface area contributed by atoms with E-state index in [0.717, 1.165) is 15.6 Å². The normalized spacial score (nSPS) is 11.9. The van der Waals surface area contributed by atoms with Crippen molar-refractivity contribution < 1.29 is 9.53 Å². The van der Waals surface area contributed by atoms with Crippen LogP contribution in [0.5, 0.6) is 0 Å². The molecule has 0 saturated heterocycles. The number of aryl methyl sites for hydroxylation is 1. The van der Waals surface area contributed by atoms with E-state index in [2.05, 4.69) is 15.9 Å². The second-order valence-electron chi connectivity index (χ2n) is 4.41. The van der Waals surface area contributed by atoms with E-state index in [1.165, 1.54) is 0 Å². The van der Waals surface area contributed by atoms with E-state index in [1.54, 1.807) is 12.1 Å². The summed E-state index contributed by atoms with van der Waals surface area (Å²) in [6.07, 6.45) is -0.263. The number of rotatable bonds is 3. The van der Waals surface area contributed by atoms with Crippen LogP contribution in [0.25, 0.3) is 0 Å². The minimum atomic E-state index is -0.296. The summed E-state index contributed by atoms with van der Waals surface area (Å²) in [5.74, 6) is -0.296. The molecule has 0 aliphatic carbocycles. The molecule has 2 aromatic carbocycles. The molecule has 3 heteroatoms. The highest BCUT2D eigenvalue weighted by atomic mass is 79.9. The predicted molar refractivity (Wildman–Crippen MR) is 79.2 cm³/mol. The monoisotopic (exact) mass is 318 g/mol. The highest BCUT2D eigenvalue weighted by Crippen LogP contribution is 2.24. The minimum absolute atomic E-state index is 0.263. The van der Waals surface area contributed by atoms with Gasteiger partial charge in [-0.3, -0.25) is 0 Å². The molecule has 0 heterocycles. The summed E-state index contributed by atoms with van der Waals surface area (Å²) in [4.78, 5) is 12.0. The molecule has 0 aliphatic heterocycles. The topological polar surface area (TPSA) is 26.3 Å². The number of ether oxygens (including phenoxy) is 1. The number of esters is 1. The van der Waals surface area contributed by atoms with Crippen molar-refractivity contribution in [2.45, 2.75) is 20.0 Å². The quantitative estimate of drug-likeness (QED) is 0.768. The summed E-state index contributed by atoms with van der Waals surface area (Å²) in [6.45, 7) is 3.89. The Bertz CT molecular complexity index is 579. The van der Waals surface area contributed by atoms with E-state index in [1.807, 2.05) is 50.2 Å².